The molecule has 5 nitrogen and oxygen atoms in total. The Balaban J connectivity index is 1.53. The van der Waals surface area contributed by atoms with Crippen molar-refractivity contribution in [2.75, 3.05) is 5.32 Å². The Morgan fingerprint density at radius 3 is 2.68 bits per heavy atom. The molecule has 0 aromatic heterocycles. The molecule has 2 aliphatic rings. The van der Waals surface area contributed by atoms with Crippen LogP contribution in [-0.2, 0) is 16.0 Å². The van der Waals surface area contributed by atoms with Gasteiger partial charge < -0.3 is 19.9 Å². The van der Waals surface area contributed by atoms with Gasteiger partial charge in [0.25, 0.3) is 0 Å². The summed E-state index contributed by atoms with van der Waals surface area (Å²) in [6.07, 6.45) is 0.374. The molecule has 4 rings (SSSR count). The Bertz CT molecular complexity index is 842. The zero-order valence-corrected chi connectivity index (χ0v) is 14.5. The van der Waals surface area contributed by atoms with E-state index in [1.807, 2.05) is 32.9 Å². The van der Waals surface area contributed by atoms with Crippen LogP contribution in [0.4, 0.5) is 5.69 Å². The Kier molecular flexibility index (Phi) is 3.51. The lowest BCUT2D eigenvalue weighted by atomic mass is 9.93. The van der Waals surface area contributed by atoms with Gasteiger partial charge in [-0.15, -0.1) is 0 Å². The maximum Gasteiger partial charge on any atom is 0.228 e. The van der Waals surface area contributed by atoms with Crippen LogP contribution in [0, 0.1) is 6.92 Å². The quantitative estimate of drug-likeness (QED) is 0.840. The molecule has 1 saturated heterocycles. The summed E-state index contributed by atoms with van der Waals surface area (Å²) in [5, 5.41) is 12.3. The first kappa shape index (κ1) is 16.0. The fourth-order valence-corrected chi connectivity index (χ4v) is 3.36. The normalized spacial score (nSPS) is 22.4. The molecule has 2 atom stereocenters. The van der Waals surface area contributed by atoms with Crippen LogP contribution in [0.2, 0.25) is 0 Å². The second kappa shape index (κ2) is 5.49. The number of benzene rings is 2. The number of nitrogens with one attached hydrogen (secondary N) is 1. The van der Waals surface area contributed by atoms with Crippen LogP contribution in [-0.4, -0.2) is 22.7 Å². The zero-order chi connectivity index (χ0) is 17.8. The van der Waals surface area contributed by atoms with Crippen molar-refractivity contribution in [3.05, 3.63) is 53.1 Å². The molecular weight excluding hydrogens is 318 g/mol. The summed E-state index contributed by atoms with van der Waals surface area (Å²) in [5.41, 5.74) is 3.25. The lowest BCUT2D eigenvalue weighted by Gasteiger charge is -2.30. The predicted octanol–water partition coefficient (Wildman–Crippen LogP) is 3.49. The van der Waals surface area contributed by atoms with Gasteiger partial charge in [-0.25, -0.2) is 0 Å². The number of ether oxygens (including phenoxy) is 2. The summed E-state index contributed by atoms with van der Waals surface area (Å²) in [4.78, 5) is 12.3. The van der Waals surface area contributed by atoms with Gasteiger partial charge in [-0.1, -0.05) is 12.1 Å². The smallest absolute Gasteiger partial charge is 0.228 e. The second-order valence-electron chi connectivity index (χ2n) is 7.28. The van der Waals surface area contributed by atoms with E-state index in [9.17, 15) is 9.90 Å². The highest BCUT2D eigenvalue weighted by Gasteiger charge is 2.56. The highest BCUT2D eigenvalue weighted by Crippen LogP contribution is 2.54. The van der Waals surface area contributed by atoms with Crippen LogP contribution in [0.3, 0.4) is 0 Å². The van der Waals surface area contributed by atoms with Crippen molar-refractivity contribution in [2.24, 2.45) is 0 Å². The number of hydrogen-bond acceptors (Lipinski definition) is 4. The molecular formula is C20H21NO4. The molecule has 0 saturated carbocycles. The third-order valence-electron chi connectivity index (χ3n) is 4.79. The summed E-state index contributed by atoms with van der Waals surface area (Å²) in [6, 6.07) is 10.6. The molecule has 2 aromatic rings. The average molecular weight is 339 g/mol. The Labute approximate surface area is 146 Å². The lowest BCUT2D eigenvalue weighted by molar-refractivity contribution is -0.115. The molecule has 0 spiro atoms. The number of carbonyl (C=O) groups excluding carboxylic acids is 1. The number of carbonyl (C=O) groups is 1. The maximum atomic E-state index is 12.3. The molecule has 1 amide bonds. The van der Waals surface area contributed by atoms with Gasteiger partial charge in [0.2, 0.25) is 5.91 Å². The maximum absolute atomic E-state index is 12.3. The van der Waals surface area contributed by atoms with Crippen molar-refractivity contribution >= 4 is 11.6 Å². The molecule has 130 valence electrons. The van der Waals surface area contributed by atoms with Crippen molar-refractivity contribution in [3.8, 4) is 11.5 Å². The number of rotatable bonds is 3. The van der Waals surface area contributed by atoms with Crippen LogP contribution in [0.25, 0.3) is 0 Å². The molecule has 0 radical (unpaired) electrons. The van der Waals surface area contributed by atoms with Crippen LogP contribution in [0.1, 0.15) is 36.6 Å². The lowest BCUT2D eigenvalue weighted by Crippen LogP contribution is -2.37. The number of amides is 1. The fraction of sp³-hybridized carbons (Fsp3) is 0.350. The average Bonchev–Trinajstić information content (AvgIpc) is 3.33. The molecule has 0 unspecified atom stereocenters. The first-order chi connectivity index (χ1) is 11.8. The van der Waals surface area contributed by atoms with Crippen molar-refractivity contribution in [1.29, 1.82) is 0 Å². The van der Waals surface area contributed by atoms with E-state index >= 15 is 0 Å². The Morgan fingerprint density at radius 1 is 1.24 bits per heavy atom. The molecule has 0 bridgehead atoms. The fourth-order valence-electron chi connectivity index (χ4n) is 3.36. The molecule has 2 heterocycles. The van der Waals surface area contributed by atoms with Crippen LogP contribution in [0.5, 0.6) is 11.5 Å². The van der Waals surface area contributed by atoms with E-state index in [-0.39, 0.29) is 35.9 Å². The van der Waals surface area contributed by atoms with Crippen LogP contribution in [0.15, 0.2) is 36.4 Å². The number of phenolic OH excluding ortho intramolecular Hbond substituents is 1. The van der Waals surface area contributed by atoms with Gasteiger partial charge in [0.15, 0.2) is 0 Å². The molecule has 25 heavy (non-hydrogen) atoms. The highest BCUT2D eigenvalue weighted by atomic mass is 16.6. The number of aromatic hydroxyl groups is 1. The summed E-state index contributed by atoms with van der Waals surface area (Å²) in [6.45, 7) is 6.01. The number of epoxide rings is 1. The monoisotopic (exact) mass is 339 g/mol. The van der Waals surface area contributed by atoms with Gasteiger partial charge in [0, 0.05) is 11.3 Å². The minimum Gasteiger partial charge on any atom is -0.508 e. The van der Waals surface area contributed by atoms with Gasteiger partial charge in [0.05, 0.1) is 6.42 Å². The summed E-state index contributed by atoms with van der Waals surface area (Å²) < 4.78 is 11.8. The van der Waals surface area contributed by atoms with Crippen molar-refractivity contribution < 1.29 is 19.4 Å². The van der Waals surface area contributed by atoms with E-state index in [4.69, 9.17) is 9.47 Å². The standard InChI is InChI=1S/C20H21NO4/c1-11-8-16-14(18-19(24-18)20(2,3)25-16)10-15(11)21-17(23)9-12-4-6-13(22)7-5-12/h4-8,10,18-19,22H,9H2,1-3H3,(H,21,23)/t18-,19-/m1/s1. The van der Waals surface area contributed by atoms with E-state index in [2.05, 4.69) is 5.32 Å². The number of fused-ring (bicyclic) bond motifs is 3. The van der Waals surface area contributed by atoms with Gasteiger partial charge in [-0.3, -0.25) is 4.79 Å². The van der Waals surface area contributed by atoms with Crippen molar-refractivity contribution in [1.82, 2.24) is 0 Å². The van der Waals surface area contributed by atoms with Gasteiger partial charge in [0.1, 0.15) is 29.3 Å². The highest BCUT2D eigenvalue weighted by molar-refractivity contribution is 5.93. The summed E-state index contributed by atoms with van der Waals surface area (Å²) in [5.74, 6) is 0.924. The van der Waals surface area contributed by atoms with Crippen LogP contribution < -0.4 is 10.1 Å². The molecule has 1 fully saturated rings. The molecule has 2 aromatic carbocycles. The molecule has 5 heteroatoms. The number of anilines is 1. The Morgan fingerprint density at radius 2 is 1.96 bits per heavy atom. The number of aryl methyl sites for hydroxylation is 1. The molecule has 2 aliphatic heterocycles. The van der Waals surface area contributed by atoms with E-state index in [1.165, 1.54) is 0 Å². The van der Waals surface area contributed by atoms with Crippen molar-refractivity contribution in [2.45, 2.75) is 45.0 Å². The summed E-state index contributed by atoms with van der Waals surface area (Å²) in [7, 11) is 0. The van der Waals surface area contributed by atoms with Gasteiger partial charge >= 0.3 is 0 Å². The molecule has 0 aliphatic carbocycles. The Hall–Kier alpha value is -2.53. The number of phenols is 1. The first-order valence-corrected chi connectivity index (χ1v) is 8.40. The SMILES string of the molecule is Cc1cc2c(cc1NC(=O)Cc1ccc(O)cc1)[C@H]1O[C@H]1C(C)(C)O2. The van der Waals surface area contributed by atoms with E-state index in [1.54, 1.807) is 24.3 Å². The van der Waals surface area contributed by atoms with E-state index < -0.39 is 0 Å². The topological polar surface area (TPSA) is 71.1 Å². The molecule has 2 N–H and O–H groups in total. The van der Waals surface area contributed by atoms with Crippen molar-refractivity contribution in [3.63, 3.8) is 0 Å². The van der Waals surface area contributed by atoms with E-state index in [0.29, 0.717) is 0 Å². The van der Waals surface area contributed by atoms with Crippen LogP contribution >= 0.6 is 0 Å². The predicted molar refractivity (Wildman–Crippen MR) is 93.9 cm³/mol. The third-order valence-corrected chi connectivity index (χ3v) is 4.79. The first-order valence-electron chi connectivity index (χ1n) is 8.40. The minimum absolute atomic E-state index is 0.0482. The van der Waals surface area contributed by atoms with Gasteiger partial charge in [-0.2, -0.15) is 0 Å². The largest absolute Gasteiger partial charge is 0.508 e. The van der Waals surface area contributed by atoms with E-state index in [0.717, 1.165) is 28.1 Å². The minimum atomic E-state index is -0.326. The van der Waals surface area contributed by atoms with Gasteiger partial charge in [-0.05, 0) is 56.2 Å². The second-order valence-corrected chi connectivity index (χ2v) is 7.28. The zero-order valence-electron chi connectivity index (χ0n) is 14.5. The third kappa shape index (κ3) is 2.96. The number of hydrogen-bond donors (Lipinski definition) is 2. The summed E-state index contributed by atoms with van der Waals surface area (Å²) >= 11 is 0.